The van der Waals surface area contributed by atoms with Gasteiger partial charge in [0.2, 0.25) is 0 Å². The molecule has 118 valence electrons. The van der Waals surface area contributed by atoms with Crippen molar-refractivity contribution in [1.82, 2.24) is 5.32 Å². The zero-order valence-corrected chi connectivity index (χ0v) is 12.8. The van der Waals surface area contributed by atoms with Crippen molar-refractivity contribution in [2.75, 3.05) is 31.5 Å². The largest absolute Gasteiger partial charge is 0.346 e. The molecule has 2 aromatic carbocycles. The number of quaternary nitrogens is 1. The van der Waals surface area contributed by atoms with Crippen molar-refractivity contribution in [2.24, 2.45) is 0 Å². The van der Waals surface area contributed by atoms with E-state index >= 15 is 0 Å². The monoisotopic (exact) mass is 310 g/mol. The van der Waals surface area contributed by atoms with E-state index in [1.807, 2.05) is 42.5 Å². The Bertz CT molecular complexity index is 683. The first kappa shape index (κ1) is 15.2. The number of hydrogen-bond donors (Lipinski definition) is 3. The van der Waals surface area contributed by atoms with Crippen molar-refractivity contribution < 1.29 is 14.5 Å². The third-order valence-electron chi connectivity index (χ3n) is 3.90. The molecule has 1 aliphatic heterocycles. The predicted molar refractivity (Wildman–Crippen MR) is 89.1 cm³/mol. The van der Waals surface area contributed by atoms with Crippen LogP contribution in [0.2, 0.25) is 0 Å². The minimum atomic E-state index is -0.0674. The van der Waals surface area contributed by atoms with E-state index < -0.39 is 0 Å². The lowest BCUT2D eigenvalue weighted by Crippen LogP contribution is -3.16. The van der Waals surface area contributed by atoms with Crippen LogP contribution in [0.15, 0.2) is 54.6 Å². The van der Waals surface area contributed by atoms with Crippen molar-refractivity contribution in [3.63, 3.8) is 0 Å². The molecule has 3 N–H and O–H groups in total. The van der Waals surface area contributed by atoms with E-state index in [4.69, 9.17) is 0 Å². The number of piperazine rings is 1. The summed E-state index contributed by atoms with van der Waals surface area (Å²) in [4.78, 5) is 24.4. The molecular weight excluding hydrogens is 290 g/mol. The lowest BCUT2D eigenvalue weighted by Gasteiger charge is -2.22. The smallest absolute Gasteiger partial charge is 0.279 e. The van der Waals surface area contributed by atoms with Crippen LogP contribution < -0.4 is 15.5 Å². The lowest BCUT2D eigenvalue weighted by atomic mass is 10.1. The van der Waals surface area contributed by atoms with E-state index in [2.05, 4.69) is 22.8 Å². The van der Waals surface area contributed by atoms with E-state index in [1.165, 1.54) is 0 Å². The molecule has 0 aromatic heterocycles. The highest BCUT2D eigenvalue weighted by Gasteiger charge is 2.22. The first-order chi connectivity index (χ1) is 11.2. The molecule has 0 spiro atoms. The fourth-order valence-corrected chi connectivity index (χ4v) is 2.72. The molecule has 23 heavy (non-hydrogen) atoms. The van der Waals surface area contributed by atoms with Crippen molar-refractivity contribution in [2.45, 2.75) is 0 Å². The Labute approximate surface area is 135 Å². The van der Waals surface area contributed by atoms with Gasteiger partial charge in [-0.1, -0.05) is 42.5 Å². The molecule has 1 aliphatic rings. The number of carbonyl (C=O) groups excluding carboxylic acids is 2. The number of nitrogens with one attached hydrogen (secondary N) is 3. The molecule has 2 aromatic rings. The zero-order valence-electron chi connectivity index (χ0n) is 12.8. The Morgan fingerprint density at radius 3 is 2.43 bits per heavy atom. The Morgan fingerprint density at radius 1 is 1.04 bits per heavy atom. The maximum Gasteiger partial charge on any atom is 0.279 e. The van der Waals surface area contributed by atoms with Gasteiger partial charge < -0.3 is 15.5 Å². The standard InChI is InChI=1S/C18H19N3O2/c22-17-12-21(11-10-19-17)13-18(23)20-16-8-6-15(7-9-16)14-4-2-1-3-5-14/h1-9H,10-13H2,(H,19,22)(H,20,23)/p+1. The molecule has 5 heteroatoms. The van der Waals surface area contributed by atoms with Crippen molar-refractivity contribution in [1.29, 1.82) is 0 Å². The molecule has 0 saturated carbocycles. The van der Waals surface area contributed by atoms with Gasteiger partial charge in [0.1, 0.15) is 0 Å². The average molecular weight is 310 g/mol. The maximum absolute atomic E-state index is 12.1. The van der Waals surface area contributed by atoms with Crippen molar-refractivity contribution in [3.05, 3.63) is 54.6 Å². The number of rotatable bonds is 4. The van der Waals surface area contributed by atoms with Gasteiger partial charge in [-0.2, -0.15) is 0 Å². The normalized spacial score (nSPS) is 17.4. The molecule has 1 saturated heterocycles. The fourth-order valence-electron chi connectivity index (χ4n) is 2.72. The van der Waals surface area contributed by atoms with E-state index in [-0.39, 0.29) is 11.8 Å². The van der Waals surface area contributed by atoms with Gasteiger partial charge in [-0.25, -0.2) is 0 Å². The number of anilines is 1. The minimum Gasteiger partial charge on any atom is -0.346 e. The van der Waals surface area contributed by atoms with Crippen molar-refractivity contribution in [3.8, 4) is 11.1 Å². The Balaban J connectivity index is 1.57. The fraction of sp³-hybridized carbons (Fsp3) is 0.222. The number of carbonyl (C=O) groups is 2. The van der Waals surface area contributed by atoms with Crippen LogP contribution in [0, 0.1) is 0 Å². The lowest BCUT2D eigenvalue weighted by molar-refractivity contribution is -0.885. The van der Waals surface area contributed by atoms with Gasteiger partial charge in [0.25, 0.3) is 11.8 Å². The molecule has 5 nitrogen and oxygen atoms in total. The van der Waals surface area contributed by atoms with Gasteiger partial charge in [-0.3, -0.25) is 9.59 Å². The highest BCUT2D eigenvalue weighted by atomic mass is 16.2. The third kappa shape index (κ3) is 4.17. The van der Waals surface area contributed by atoms with E-state index in [0.717, 1.165) is 28.3 Å². The van der Waals surface area contributed by atoms with Crippen LogP contribution in [-0.4, -0.2) is 38.0 Å². The average Bonchev–Trinajstić information content (AvgIpc) is 2.56. The summed E-state index contributed by atoms with van der Waals surface area (Å²) >= 11 is 0. The molecule has 0 radical (unpaired) electrons. The predicted octanol–water partition coefficient (Wildman–Crippen LogP) is 0.307. The molecule has 1 unspecified atom stereocenters. The van der Waals surface area contributed by atoms with Crippen molar-refractivity contribution >= 4 is 17.5 Å². The minimum absolute atomic E-state index is 0.00580. The Morgan fingerprint density at radius 2 is 1.74 bits per heavy atom. The molecule has 2 amide bonds. The number of benzene rings is 2. The summed E-state index contributed by atoms with van der Waals surface area (Å²) in [6.45, 7) is 2.09. The summed E-state index contributed by atoms with van der Waals surface area (Å²) in [7, 11) is 0. The summed E-state index contributed by atoms with van der Waals surface area (Å²) in [5, 5.41) is 5.66. The molecule has 0 aliphatic carbocycles. The van der Waals surface area contributed by atoms with E-state index in [9.17, 15) is 9.59 Å². The van der Waals surface area contributed by atoms with Crippen LogP contribution in [0.1, 0.15) is 0 Å². The summed E-state index contributed by atoms with van der Waals surface area (Å²) in [6, 6.07) is 17.9. The highest BCUT2D eigenvalue weighted by Crippen LogP contribution is 2.20. The quantitative estimate of drug-likeness (QED) is 0.761. The summed E-state index contributed by atoms with van der Waals surface area (Å²) in [6.07, 6.45) is 0. The number of amides is 2. The first-order valence-corrected chi connectivity index (χ1v) is 7.76. The second-order valence-electron chi connectivity index (χ2n) is 5.70. The first-order valence-electron chi connectivity index (χ1n) is 7.76. The molecule has 0 bridgehead atoms. The van der Waals surface area contributed by atoms with Gasteiger partial charge in [0, 0.05) is 5.69 Å². The Hall–Kier alpha value is -2.66. The highest BCUT2D eigenvalue weighted by molar-refractivity contribution is 5.92. The van der Waals surface area contributed by atoms with Crippen LogP contribution in [-0.2, 0) is 9.59 Å². The van der Waals surface area contributed by atoms with Gasteiger partial charge in [-0.05, 0) is 23.3 Å². The molecule has 3 rings (SSSR count). The van der Waals surface area contributed by atoms with E-state index in [0.29, 0.717) is 19.6 Å². The van der Waals surface area contributed by atoms with Crippen LogP contribution in [0.3, 0.4) is 0 Å². The van der Waals surface area contributed by atoms with Crippen LogP contribution >= 0.6 is 0 Å². The number of hydrogen-bond acceptors (Lipinski definition) is 2. The molecule has 1 fully saturated rings. The zero-order chi connectivity index (χ0) is 16.1. The second kappa shape index (κ2) is 7.07. The molecule has 1 atom stereocenters. The molecular formula is C18H20N3O2+. The van der Waals surface area contributed by atoms with Gasteiger partial charge in [0.15, 0.2) is 13.1 Å². The summed E-state index contributed by atoms with van der Waals surface area (Å²) in [5.41, 5.74) is 3.03. The second-order valence-corrected chi connectivity index (χ2v) is 5.70. The van der Waals surface area contributed by atoms with Crippen LogP contribution in [0.4, 0.5) is 5.69 Å². The van der Waals surface area contributed by atoms with Crippen LogP contribution in [0.5, 0.6) is 0 Å². The molecule has 1 heterocycles. The van der Waals surface area contributed by atoms with Gasteiger partial charge in [0.05, 0.1) is 13.1 Å². The summed E-state index contributed by atoms with van der Waals surface area (Å²) < 4.78 is 0. The van der Waals surface area contributed by atoms with Crippen LogP contribution in [0.25, 0.3) is 11.1 Å². The Kier molecular flexibility index (Phi) is 4.68. The third-order valence-corrected chi connectivity index (χ3v) is 3.90. The van der Waals surface area contributed by atoms with Gasteiger partial charge in [-0.15, -0.1) is 0 Å². The topological polar surface area (TPSA) is 62.6 Å². The SMILES string of the molecule is O=C1C[NH+](CC(=O)Nc2ccc(-c3ccccc3)cc2)CCN1. The van der Waals surface area contributed by atoms with Gasteiger partial charge >= 0.3 is 0 Å². The summed E-state index contributed by atoms with van der Waals surface area (Å²) in [5.74, 6) is -0.0616. The van der Waals surface area contributed by atoms with E-state index in [1.54, 1.807) is 0 Å². The maximum atomic E-state index is 12.1.